The van der Waals surface area contributed by atoms with Crippen LogP contribution in [0.5, 0.6) is 0 Å². The molecule has 7 heteroatoms. The number of nitrogens with one attached hydrogen (secondary N) is 1. The molecule has 0 aliphatic rings. The fourth-order valence-corrected chi connectivity index (χ4v) is 1.81. The molecule has 0 aliphatic carbocycles. The molecule has 5 nitrogen and oxygen atoms in total. The first kappa shape index (κ1) is 13.2. The van der Waals surface area contributed by atoms with Crippen LogP contribution in [0.1, 0.15) is 10.4 Å². The second-order valence-corrected chi connectivity index (χ2v) is 4.01. The van der Waals surface area contributed by atoms with Gasteiger partial charge in [0.25, 0.3) is 0 Å². The molecule has 0 aliphatic heterocycles. The molecule has 2 aromatic rings. The molecule has 0 atom stereocenters. The van der Waals surface area contributed by atoms with Crippen LogP contribution >= 0.6 is 11.6 Å². The fourth-order valence-electron chi connectivity index (χ4n) is 1.56. The van der Waals surface area contributed by atoms with E-state index in [1.54, 1.807) is 0 Å². The van der Waals surface area contributed by atoms with E-state index in [1.807, 2.05) is 0 Å². The van der Waals surface area contributed by atoms with Crippen LogP contribution < -0.4 is 5.32 Å². The van der Waals surface area contributed by atoms with Crippen LogP contribution in [0.2, 0.25) is 5.02 Å². The van der Waals surface area contributed by atoms with Crippen molar-refractivity contribution in [3.63, 3.8) is 0 Å². The lowest BCUT2D eigenvalue weighted by Crippen LogP contribution is -2.07. The van der Waals surface area contributed by atoms with Crippen molar-refractivity contribution in [3.8, 4) is 11.4 Å². The molecule has 0 fully saturated rings. The van der Waals surface area contributed by atoms with Crippen molar-refractivity contribution in [2.24, 2.45) is 0 Å². The first-order valence-electron chi connectivity index (χ1n) is 5.27. The number of hydrogen-bond donors (Lipinski definition) is 2. The summed E-state index contributed by atoms with van der Waals surface area (Å²) in [5.74, 6) is -1.62. The van der Waals surface area contributed by atoms with Gasteiger partial charge in [0.15, 0.2) is 5.82 Å². The summed E-state index contributed by atoms with van der Waals surface area (Å²) < 4.78 is 13.7. The minimum atomic E-state index is -1.17. The van der Waals surface area contributed by atoms with Crippen molar-refractivity contribution >= 4 is 23.4 Å². The summed E-state index contributed by atoms with van der Waals surface area (Å²) in [5, 5.41) is 11.7. The highest BCUT2D eigenvalue weighted by atomic mass is 35.5. The van der Waals surface area contributed by atoms with E-state index in [9.17, 15) is 9.18 Å². The number of aromatic carboxylic acids is 1. The smallest absolute Gasteiger partial charge is 0.341 e. The number of nitrogens with zero attached hydrogens (tertiary/aromatic N) is 2. The molecule has 0 radical (unpaired) electrons. The van der Waals surface area contributed by atoms with E-state index in [0.717, 1.165) is 6.20 Å². The molecular weight excluding hydrogens is 273 g/mol. The third-order valence-corrected chi connectivity index (χ3v) is 2.76. The number of rotatable bonds is 3. The SMILES string of the molecule is CNc1nc(-c2c(F)cccc2Cl)ncc1C(=O)O. The minimum Gasteiger partial charge on any atom is -0.477 e. The number of carboxylic acid groups (broad SMARTS) is 1. The van der Waals surface area contributed by atoms with Gasteiger partial charge in [0.1, 0.15) is 17.2 Å². The highest BCUT2D eigenvalue weighted by molar-refractivity contribution is 6.33. The number of anilines is 1. The zero-order chi connectivity index (χ0) is 14.0. The maximum absolute atomic E-state index is 13.7. The summed E-state index contributed by atoms with van der Waals surface area (Å²) in [5.41, 5.74) is -0.0590. The lowest BCUT2D eigenvalue weighted by Gasteiger charge is -2.08. The molecule has 0 spiro atoms. The van der Waals surface area contributed by atoms with Gasteiger partial charge in [-0.1, -0.05) is 17.7 Å². The summed E-state index contributed by atoms with van der Waals surface area (Å²) >= 11 is 5.91. The topological polar surface area (TPSA) is 75.1 Å². The Kier molecular flexibility index (Phi) is 3.62. The lowest BCUT2D eigenvalue weighted by atomic mass is 10.2. The summed E-state index contributed by atoms with van der Waals surface area (Å²) in [7, 11) is 1.52. The van der Waals surface area contributed by atoms with Crippen LogP contribution in [0.15, 0.2) is 24.4 Å². The molecule has 98 valence electrons. The summed E-state index contributed by atoms with van der Waals surface area (Å²) in [4.78, 5) is 18.8. The Bertz CT molecular complexity index is 629. The van der Waals surface area contributed by atoms with E-state index in [4.69, 9.17) is 16.7 Å². The molecule has 1 aromatic heterocycles. The lowest BCUT2D eigenvalue weighted by molar-refractivity contribution is 0.0697. The second kappa shape index (κ2) is 5.19. The standard InChI is InChI=1S/C12H9ClFN3O2/c1-15-10-6(12(18)19)5-16-11(17-10)9-7(13)3-2-4-8(9)14/h2-5H,1H3,(H,18,19)(H,15,16,17). The maximum Gasteiger partial charge on any atom is 0.341 e. The van der Waals surface area contributed by atoms with Gasteiger partial charge >= 0.3 is 5.97 Å². The normalized spacial score (nSPS) is 10.3. The fraction of sp³-hybridized carbons (Fsp3) is 0.0833. The number of benzene rings is 1. The molecule has 2 N–H and O–H groups in total. The van der Waals surface area contributed by atoms with Crippen LogP contribution in [0, 0.1) is 5.82 Å². The zero-order valence-electron chi connectivity index (χ0n) is 9.82. The Morgan fingerprint density at radius 1 is 1.47 bits per heavy atom. The van der Waals surface area contributed by atoms with Gasteiger partial charge in [-0.25, -0.2) is 19.2 Å². The van der Waals surface area contributed by atoms with Crippen molar-refractivity contribution in [3.05, 3.63) is 40.8 Å². The Labute approximate surface area is 113 Å². The van der Waals surface area contributed by atoms with E-state index in [-0.39, 0.29) is 27.8 Å². The van der Waals surface area contributed by atoms with E-state index in [2.05, 4.69) is 15.3 Å². The summed E-state index contributed by atoms with van der Waals surface area (Å²) in [6, 6.07) is 4.20. The number of hydrogen-bond acceptors (Lipinski definition) is 4. The molecule has 0 saturated heterocycles. The molecular formula is C12H9ClFN3O2. The highest BCUT2D eigenvalue weighted by Crippen LogP contribution is 2.29. The Morgan fingerprint density at radius 3 is 2.79 bits per heavy atom. The van der Waals surface area contributed by atoms with Crippen LogP contribution in [0.4, 0.5) is 10.2 Å². The number of halogens is 2. The van der Waals surface area contributed by atoms with Gasteiger partial charge in [0.2, 0.25) is 0 Å². The first-order valence-corrected chi connectivity index (χ1v) is 5.65. The average Bonchev–Trinajstić information content (AvgIpc) is 2.38. The van der Waals surface area contributed by atoms with Crippen molar-refractivity contribution in [1.29, 1.82) is 0 Å². The maximum atomic E-state index is 13.7. The molecule has 0 unspecified atom stereocenters. The number of carbonyl (C=O) groups is 1. The molecule has 0 amide bonds. The minimum absolute atomic E-state index is 0.0254. The Hall–Kier alpha value is -2.21. The van der Waals surface area contributed by atoms with Gasteiger partial charge in [0.05, 0.1) is 10.6 Å². The van der Waals surface area contributed by atoms with Crippen molar-refractivity contribution in [1.82, 2.24) is 9.97 Å². The van der Waals surface area contributed by atoms with Crippen molar-refractivity contribution in [2.45, 2.75) is 0 Å². The van der Waals surface area contributed by atoms with Crippen LogP contribution in [-0.2, 0) is 0 Å². The van der Waals surface area contributed by atoms with Gasteiger partial charge in [-0.2, -0.15) is 0 Å². The highest BCUT2D eigenvalue weighted by Gasteiger charge is 2.17. The van der Waals surface area contributed by atoms with Crippen LogP contribution in [0.25, 0.3) is 11.4 Å². The first-order chi connectivity index (χ1) is 9.04. The Morgan fingerprint density at radius 2 is 2.21 bits per heavy atom. The molecule has 1 aromatic carbocycles. The predicted octanol–water partition coefficient (Wildman–Crippen LogP) is 2.68. The predicted molar refractivity (Wildman–Crippen MR) is 68.9 cm³/mol. The monoisotopic (exact) mass is 281 g/mol. The van der Waals surface area contributed by atoms with Crippen molar-refractivity contribution < 1.29 is 14.3 Å². The zero-order valence-corrected chi connectivity index (χ0v) is 10.6. The van der Waals surface area contributed by atoms with Crippen molar-refractivity contribution in [2.75, 3.05) is 12.4 Å². The molecule has 1 heterocycles. The van der Waals surface area contributed by atoms with Crippen LogP contribution in [-0.4, -0.2) is 28.1 Å². The largest absolute Gasteiger partial charge is 0.477 e. The quantitative estimate of drug-likeness (QED) is 0.905. The molecule has 0 saturated carbocycles. The van der Waals surface area contributed by atoms with Gasteiger partial charge in [-0.05, 0) is 12.1 Å². The summed E-state index contributed by atoms with van der Waals surface area (Å²) in [6.07, 6.45) is 1.11. The van der Waals surface area contributed by atoms with Crippen LogP contribution in [0.3, 0.4) is 0 Å². The number of aromatic nitrogens is 2. The third kappa shape index (κ3) is 2.48. The molecule has 0 bridgehead atoms. The van der Waals surface area contributed by atoms with Gasteiger partial charge in [-0.3, -0.25) is 0 Å². The number of carboxylic acids is 1. The second-order valence-electron chi connectivity index (χ2n) is 3.61. The molecule has 2 rings (SSSR count). The summed E-state index contributed by atoms with van der Waals surface area (Å²) in [6.45, 7) is 0. The Balaban J connectivity index is 2.61. The van der Waals surface area contributed by atoms with E-state index in [1.165, 1.54) is 25.2 Å². The molecule has 19 heavy (non-hydrogen) atoms. The van der Waals surface area contributed by atoms with E-state index >= 15 is 0 Å². The van der Waals surface area contributed by atoms with E-state index < -0.39 is 11.8 Å². The average molecular weight is 282 g/mol. The van der Waals surface area contributed by atoms with Gasteiger partial charge in [0, 0.05) is 13.2 Å². The van der Waals surface area contributed by atoms with Gasteiger partial charge < -0.3 is 10.4 Å². The van der Waals surface area contributed by atoms with Gasteiger partial charge in [-0.15, -0.1) is 0 Å². The van der Waals surface area contributed by atoms with E-state index in [0.29, 0.717) is 0 Å². The third-order valence-electron chi connectivity index (χ3n) is 2.44.